The summed E-state index contributed by atoms with van der Waals surface area (Å²) in [5.74, 6) is 1.08. The van der Waals surface area contributed by atoms with Gasteiger partial charge in [-0.25, -0.2) is 0 Å². The molecule has 1 fully saturated rings. The summed E-state index contributed by atoms with van der Waals surface area (Å²) in [6.45, 7) is 1.94. The van der Waals surface area contributed by atoms with Gasteiger partial charge in [0.05, 0.1) is 7.11 Å². The van der Waals surface area contributed by atoms with Crippen molar-refractivity contribution in [3.8, 4) is 5.75 Å². The zero-order chi connectivity index (χ0) is 13.7. The van der Waals surface area contributed by atoms with E-state index in [1.807, 2.05) is 36.2 Å². The SMILES string of the molecule is COc1ccc(CCC(=O)N(C)C2CCNC2)cc1.Cl. The molecule has 0 aliphatic carbocycles. The fraction of sp³-hybridized carbons (Fsp3) is 0.533. The molecule has 0 bridgehead atoms. The Hall–Kier alpha value is -1.26. The Balaban J connectivity index is 0.00000200. The van der Waals surface area contributed by atoms with Crippen molar-refractivity contribution in [2.24, 2.45) is 0 Å². The first-order valence-electron chi connectivity index (χ1n) is 6.80. The fourth-order valence-corrected chi connectivity index (χ4v) is 2.39. The molecule has 1 heterocycles. The Morgan fingerprint density at radius 1 is 1.40 bits per heavy atom. The number of carbonyl (C=O) groups is 1. The molecule has 1 aromatic rings. The fourth-order valence-electron chi connectivity index (χ4n) is 2.39. The largest absolute Gasteiger partial charge is 0.497 e. The monoisotopic (exact) mass is 298 g/mol. The molecule has 1 saturated heterocycles. The molecule has 20 heavy (non-hydrogen) atoms. The van der Waals surface area contributed by atoms with Crippen LogP contribution in [0.1, 0.15) is 18.4 Å². The number of ether oxygens (including phenoxy) is 1. The lowest BCUT2D eigenvalue weighted by molar-refractivity contribution is -0.131. The highest BCUT2D eigenvalue weighted by atomic mass is 35.5. The highest BCUT2D eigenvalue weighted by molar-refractivity contribution is 5.85. The van der Waals surface area contributed by atoms with Gasteiger partial charge in [-0.3, -0.25) is 4.79 Å². The summed E-state index contributed by atoms with van der Waals surface area (Å²) in [5.41, 5.74) is 1.17. The summed E-state index contributed by atoms with van der Waals surface area (Å²) < 4.78 is 5.12. The van der Waals surface area contributed by atoms with Crippen molar-refractivity contribution in [1.82, 2.24) is 10.2 Å². The number of halogens is 1. The van der Waals surface area contributed by atoms with Crippen LogP contribution >= 0.6 is 12.4 Å². The molecule has 1 aliphatic rings. The molecular formula is C15H23ClN2O2. The van der Waals surface area contributed by atoms with Gasteiger partial charge >= 0.3 is 0 Å². The van der Waals surface area contributed by atoms with E-state index in [0.29, 0.717) is 12.5 Å². The number of nitrogens with one attached hydrogen (secondary N) is 1. The number of amides is 1. The second kappa shape index (κ2) is 8.12. The minimum Gasteiger partial charge on any atom is -0.497 e. The summed E-state index contributed by atoms with van der Waals surface area (Å²) in [6.07, 6.45) is 2.41. The second-order valence-electron chi connectivity index (χ2n) is 5.00. The van der Waals surface area contributed by atoms with Crippen molar-refractivity contribution < 1.29 is 9.53 Å². The second-order valence-corrected chi connectivity index (χ2v) is 5.00. The Morgan fingerprint density at radius 2 is 2.10 bits per heavy atom. The maximum absolute atomic E-state index is 12.1. The molecule has 0 spiro atoms. The lowest BCUT2D eigenvalue weighted by atomic mass is 10.1. The van der Waals surface area contributed by atoms with Gasteiger partial charge in [-0.2, -0.15) is 0 Å². The van der Waals surface area contributed by atoms with Gasteiger partial charge in [-0.05, 0) is 37.1 Å². The van der Waals surface area contributed by atoms with Crippen molar-refractivity contribution in [2.45, 2.75) is 25.3 Å². The summed E-state index contributed by atoms with van der Waals surface area (Å²) >= 11 is 0. The number of likely N-dealkylation sites (N-methyl/N-ethyl adjacent to an activating group) is 1. The van der Waals surface area contributed by atoms with E-state index in [0.717, 1.165) is 31.7 Å². The van der Waals surface area contributed by atoms with Gasteiger partial charge in [0, 0.05) is 26.1 Å². The van der Waals surface area contributed by atoms with Crippen LogP contribution in [0.15, 0.2) is 24.3 Å². The minimum atomic E-state index is 0. The summed E-state index contributed by atoms with van der Waals surface area (Å²) in [7, 11) is 3.57. The van der Waals surface area contributed by atoms with Gasteiger partial charge in [0.1, 0.15) is 5.75 Å². The van der Waals surface area contributed by atoms with Crippen LogP contribution < -0.4 is 10.1 Å². The number of benzene rings is 1. The average molecular weight is 299 g/mol. The highest BCUT2D eigenvalue weighted by Gasteiger charge is 2.22. The molecule has 0 aromatic heterocycles. The predicted molar refractivity (Wildman–Crippen MR) is 82.6 cm³/mol. The van der Waals surface area contributed by atoms with E-state index in [1.54, 1.807) is 7.11 Å². The third-order valence-electron chi connectivity index (χ3n) is 3.76. The molecule has 2 rings (SSSR count). The number of hydrogen-bond donors (Lipinski definition) is 1. The van der Waals surface area contributed by atoms with E-state index in [1.165, 1.54) is 5.56 Å². The van der Waals surface area contributed by atoms with Crippen molar-refractivity contribution in [3.63, 3.8) is 0 Å². The molecule has 0 radical (unpaired) electrons. The van der Waals surface area contributed by atoms with Crippen molar-refractivity contribution in [2.75, 3.05) is 27.2 Å². The van der Waals surface area contributed by atoms with Crippen LogP contribution in [0.3, 0.4) is 0 Å². The number of hydrogen-bond acceptors (Lipinski definition) is 3. The average Bonchev–Trinajstić information content (AvgIpc) is 2.98. The number of rotatable bonds is 5. The third kappa shape index (κ3) is 4.39. The molecule has 1 unspecified atom stereocenters. The molecule has 1 N–H and O–H groups in total. The Labute approximate surface area is 126 Å². The summed E-state index contributed by atoms with van der Waals surface area (Å²) in [4.78, 5) is 14.0. The molecule has 4 nitrogen and oxygen atoms in total. The predicted octanol–water partition coefficient (Wildman–Crippen LogP) is 1.87. The van der Waals surface area contributed by atoms with E-state index in [4.69, 9.17) is 4.74 Å². The van der Waals surface area contributed by atoms with Gasteiger partial charge in [0.2, 0.25) is 5.91 Å². The molecule has 5 heteroatoms. The zero-order valence-electron chi connectivity index (χ0n) is 12.1. The first-order chi connectivity index (χ1) is 9.20. The first-order valence-corrected chi connectivity index (χ1v) is 6.80. The molecule has 1 atom stereocenters. The van der Waals surface area contributed by atoms with E-state index in [-0.39, 0.29) is 18.3 Å². The molecule has 1 aromatic carbocycles. The van der Waals surface area contributed by atoms with Crippen molar-refractivity contribution in [1.29, 1.82) is 0 Å². The van der Waals surface area contributed by atoms with Crippen LogP contribution in [0.4, 0.5) is 0 Å². The lowest BCUT2D eigenvalue weighted by Gasteiger charge is -2.23. The molecule has 1 amide bonds. The lowest BCUT2D eigenvalue weighted by Crippen LogP contribution is -2.38. The van der Waals surface area contributed by atoms with Crippen LogP contribution in [0, 0.1) is 0 Å². The van der Waals surface area contributed by atoms with E-state index in [9.17, 15) is 4.79 Å². The normalized spacial score (nSPS) is 17.4. The number of nitrogens with zero attached hydrogens (tertiary/aromatic N) is 1. The number of carbonyl (C=O) groups excluding carboxylic acids is 1. The van der Waals surface area contributed by atoms with E-state index < -0.39 is 0 Å². The first kappa shape index (κ1) is 16.8. The van der Waals surface area contributed by atoms with Crippen molar-refractivity contribution in [3.05, 3.63) is 29.8 Å². The number of methoxy groups -OCH3 is 1. The van der Waals surface area contributed by atoms with Gasteiger partial charge < -0.3 is 15.0 Å². The topological polar surface area (TPSA) is 41.6 Å². The van der Waals surface area contributed by atoms with E-state index in [2.05, 4.69) is 5.32 Å². The van der Waals surface area contributed by atoms with Crippen molar-refractivity contribution >= 4 is 18.3 Å². The maximum Gasteiger partial charge on any atom is 0.222 e. The van der Waals surface area contributed by atoms with Crippen LogP contribution in [-0.2, 0) is 11.2 Å². The standard InChI is InChI=1S/C15H22N2O2.ClH/c1-17(13-9-10-16-11-13)15(18)8-5-12-3-6-14(19-2)7-4-12;/h3-4,6-7,13,16H,5,8-11H2,1-2H3;1H. The van der Waals surface area contributed by atoms with Crippen LogP contribution in [0.25, 0.3) is 0 Å². The molecule has 112 valence electrons. The third-order valence-corrected chi connectivity index (χ3v) is 3.76. The quantitative estimate of drug-likeness (QED) is 0.902. The van der Waals surface area contributed by atoms with Crippen LogP contribution in [0.2, 0.25) is 0 Å². The maximum atomic E-state index is 12.1. The van der Waals surface area contributed by atoms with Gasteiger partial charge in [-0.1, -0.05) is 12.1 Å². The zero-order valence-corrected chi connectivity index (χ0v) is 12.9. The summed E-state index contributed by atoms with van der Waals surface area (Å²) in [5, 5.41) is 3.29. The van der Waals surface area contributed by atoms with Gasteiger partial charge in [0.15, 0.2) is 0 Å². The van der Waals surface area contributed by atoms with Crippen LogP contribution in [-0.4, -0.2) is 44.1 Å². The Bertz CT molecular complexity index is 416. The Kier molecular flexibility index (Phi) is 6.82. The van der Waals surface area contributed by atoms with Crippen LogP contribution in [0.5, 0.6) is 5.75 Å². The van der Waals surface area contributed by atoms with E-state index >= 15 is 0 Å². The number of aryl methyl sites for hydroxylation is 1. The Morgan fingerprint density at radius 3 is 2.65 bits per heavy atom. The summed E-state index contributed by atoms with van der Waals surface area (Å²) in [6, 6.07) is 8.27. The molecular weight excluding hydrogens is 276 g/mol. The molecule has 0 saturated carbocycles. The van der Waals surface area contributed by atoms with Gasteiger partial charge in [0.25, 0.3) is 0 Å². The molecule has 1 aliphatic heterocycles. The minimum absolute atomic E-state index is 0. The van der Waals surface area contributed by atoms with Gasteiger partial charge in [-0.15, -0.1) is 12.4 Å². The highest BCUT2D eigenvalue weighted by Crippen LogP contribution is 2.14. The smallest absolute Gasteiger partial charge is 0.222 e.